The molecule has 0 saturated carbocycles. The second-order valence-electron chi connectivity index (χ2n) is 11.4. The number of aliphatic hydroxyl groups is 1. The second kappa shape index (κ2) is 17.8. The molecule has 3 rings (SSSR count). The molecule has 19 heteroatoms. The van der Waals surface area contributed by atoms with Crippen molar-refractivity contribution >= 4 is 45.0 Å². The van der Waals surface area contributed by atoms with Gasteiger partial charge in [0.15, 0.2) is 5.78 Å². The van der Waals surface area contributed by atoms with Crippen molar-refractivity contribution in [2.24, 2.45) is 0 Å². The predicted molar refractivity (Wildman–Crippen MR) is 176 cm³/mol. The zero-order valence-corrected chi connectivity index (χ0v) is 29.5. The van der Waals surface area contributed by atoms with E-state index in [9.17, 15) is 45.9 Å². The highest BCUT2D eigenvalue weighted by Crippen LogP contribution is 2.30. The van der Waals surface area contributed by atoms with Gasteiger partial charge in [0.1, 0.15) is 29.2 Å². The van der Waals surface area contributed by atoms with Crippen LogP contribution in [-0.4, -0.2) is 99.8 Å². The number of nitrogens with zero attached hydrogens (tertiary/aromatic N) is 1. The third-order valence-corrected chi connectivity index (χ3v) is 9.37. The Balaban J connectivity index is 1.79. The van der Waals surface area contributed by atoms with Crippen LogP contribution >= 0.6 is 11.3 Å². The lowest BCUT2D eigenvalue weighted by Gasteiger charge is -2.29. The minimum Gasteiger partial charge on any atom is -0.382 e. The SMILES string of the molecule is COC[C@H](NC(=O)c1cnc(C)s1)C(=O)N[C@@H](COC)C(=O)N[C@@H](Cc1ccccc1)C(=O)C(C)(O)COS(=O)(=O)c1ccc(C(F)(F)F)cc1. The third kappa shape index (κ3) is 11.9. The van der Waals surface area contributed by atoms with Gasteiger partial charge < -0.3 is 30.5 Å². The van der Waals surface area contributed by atoms with Crippen molar-refractivity contribution in [3.63, 3.8) is 0 Å². The summed E-state index contributed by atoms with van der Waals surface area (Å²) in [4.78, 5) is 56.8. The Bertz CT molecular complexity index is 1770. The number of nitrogens with one attached hydrogen (secondary N) is 3. The molecule has 0 aliphatic carbocycles. The summed E-state index contributed by atoms with van der Waals surface area (Å²) in [6.45, 7) is 0.813. The predicted octanol–water partition coefficient (Wildman–Crippen LogP) is 1.80. The summed E-state index contributed by atoms with van der Waals surface area (Å²) in [6, 6.07) is 6.46. The molecule has 1 aromatic heterocycles. The van der Waals surface area contributed by atoms with E-state index >= 15 is 0 Å². The lowest BCUT2D eigenvalue weighted by atomic mass is 9.91. The smallest absolute Gasteiger partial charge is 0.382 e. The molecule has 0 radical (unpaired) electrons. The van der Waals surface area contributed by atoms with Gasteiger partial charge in [-0.1, -0.05) is 30.3 Å². The molecule has 4 N–H and O–H groups in total. The molecule has 1 unspecified atom stereocenters. The number of rotatable bonds is 18. The molecule has 4 atom stereocenters. The largest absolute Gasteiger partial charge is 0.416 e. The Morgan fingerprint density at radius 1 is 0.882 bits per heavy atom. The van der Waals surface area contributed by atoms with E-state index in [2.05, 4.69) is 20.9 Å². The molecule has 51 heavy (non-hydrogen) atoms. The first-order valence-electron chi connectivity index (χ1n) is 15.1. The average Bonchev–Trinajstić information content (AvgIpc) is 3.52. The van der Waals surface area contributed by atoms with Crippen LogP contribution in [0.15, 0.2) is 65.7 Å². The number of aromatic nitrogens is 1. The molecule has 3 aromatic rings. The number of aryl methyl sites for hydroxylation is 1. The van der Waals surface area contributed by atoms with Crippen LogP contribution in [0.5, 0.6) is 0 Å². The number of halogens is 3. The van der Waals surface area contributed by atoms with Crippen molar-refractivity contribution in [2.45, 2.75) is 55.1 Å². The van der Waals surface area contributed by atoms with Crippen LogP contribution < -0.4 is 16.0 Å². The minimum absolute atomic E-state index is 0.197. The Morgan fingerprint density at radius 2 is 1.43 bits per heavy atom. The maximum absolute atomic E-state index is 13.7. The van der Waals surface area contributed by atoms with Gasteiger partial charge in [0.2, 0.25) is 11.8 Å². The maximum Gasteiger partial charge on any atom is 0.416 e. The number of methoxy groups -OCH3 is 2. The fourth-order valence-corrected chi connectivity index (χ4v) is 6.19. The molecule has 0 saturated heterocycles. The van der Waals surface area contributed by atoms with Crippen LogP contribution in [-0.2, 0) is 50.8 Å². The first-order chi connectivity index (χ1) is 23.9. The fraction of sp³-hybridized carbons (Fsp3) is 0.406. The fourth-order valence-electron chi connectivity index (χ4n) is 4.52. The van der Waals surface area contributed by atoms with E-state index in [1.54, 1.807) is 37.3 Å². The molecule has 0 fully saturated rings. The van der Waals surface area contributed by atoms with Gasteiger partial charge in [0.05, 0.1) is 40.9 Å². The van der Waals surface area contributed by atoms with Crippen molar-refractivity contribution in [1.82, 2.24) is 20.9 Å². The average molecular weight is 759 g/mol. The van der Waals surface area contributed by atoms with E-state index in [-0.39, 0.29) is 17.9 Å². The van der Waals surface area contributed by atoms with Crippen molar-refractivity contribution in [3.05, 3.63) is 81.8 Å². The van der Waals surface area contributed by atoms with E-state index in [1.807, 2.05) is 0 Å². The zero-order chi connectivity index (χ0) is 38.0. The Labute approximate surface area is 295 Å². The summed E-state index contributed by atoms with van der Waals surface area (Å²) >= 11 is 1.10. The van der Waals surface area contributed by atoms with Gasteiger partial charge in [0, 0.05) is 14.2 Å². The number of carbonyl (C=O) groups excluding carboxylic acids is 4. The molecule has 1 heterocycles. The van der Waals surface area contributed by atoms with Crippen LogP contribution in [0.25, 0.3) is 0 Å². The van der Waals surface area contributed by atoms with Gasteiger partial charge in [-0.15, -0.1) is 11.3 Å². The molecule has 278 valence electrons. The first kappa shape index (κ1) is 41.2. The molecule has 0 aliphatic rings. The van der Waals surface area contributed by atoms with Gasteiger partial charge in [-0.3, -0.25) is 23.4 Å². The van der Waals surface area contributed by atoms with Crippen molar-refractivity contribution in [2.75, 3.05) is 34.0 Å². The number of ether oxygens (including phenoxy) is 2. The quantitative estimate of drug-likeness (QED) is 0.138. The highest BCUT2D eigenvalue weighted by Gasteiger charge is 2.40. The van der Waals surface area contributed by atoms with Gasteiger partial charge in [-0.05, 0) is 50.1 Å². The molecule has 0 aliphatic heterocycles. The Hall–Kier alpha value is -4.27. The van der Waals surface area contributed by atoms with Gasteiger partial charge in [-0.2, -0.15) is 21.6 Å². The highest BCUT2D eigenvalue weighted by atomic mass is 32.2. The number of thiazole rings is 1. The van der Waals surface area contributed by atoms with E-state index in [0.717, 1.165) is 18.3 Å². The molecular weight excluding hydrogens is 721 g/mol. The van der Waals surface area contributed by atoms with E-state index in [0.29, 0.717) is 34.8 Å². The molecule has 0 bridgehead atoms. The third-order valence-electron chi connectivity index (χ3n) is 7.18. The lowest BCUT2D eigenvalue weighted by Crippen LogP contribution is -2.60. The summed E-state index contributed by atoms with van der Waals surface area (Å²) in [7, 11) is -2.20. The van der Waals surface area contributed by atoms with E-state index in [1.165, 1.54) is 20.4 Å². The normalized spacial score (nSPS) is 14.8. The Kier molecular flexibility index (Phi) is 14.3. The summed E-state index contributed by atoms with van der Waals surface area (Å²) in [5, 5.41) is 19.2. The number of ketones is 1. The standard InChI is InChI=1S/C32H37F3N4O10S2/c1-19-36-15-26(50-19)30(43)39-25(17-48-4)29(42)38-24(16-47-3)28(41)37-23(14-20-8-6-5-7-9-20)27(40)31(2,44)18-49-51(45,46)22-12-10-21(11-13-22)32(33,34)35/h5-13,15,23-25,44H,14,16-18H2,1-4H3,(H,37,41)(H,38,42)(H,39,43)/t23-,24-,25-,31?/m0/s1. The van der Waals surface area contributed by atoms with Crippen LogP contribution in [0, 0.1) is 6.92 Å². The van der Waals surface area contributed by atoms with Gasteiger partial charge in [-0.25, -0.2) is 4.98 Å². The topological polar surface area (TPSA) is 199 Å². The van der Waals surface area contributed by atoms with E-state index < -0.39 is 87.2 Å². The van der Waals surface area contributed by atoms with Gasteiger partial charge >= 0.3 is 6.18 Å². The molecular formula is C32H37F3N4O10S2. The van der Waals surface area contributed by atoms with Crippen LogP contribution in [0.1, 0.15) is 32.7 Å². The molecule has 3 amide bonds. The summed E-state index contributed by atoms with van der Waals surface area (Å²) in [5.41, 5.74) is -3.14. The van der Waals surface area contributed by atoms with E-state index in [4.69, 9.17) is 13.7 Å². The number of carbonyl (C=O) groups is 4. The number of Topliss-reactive ketones (excluding diaryl/α,β-unsaturated/α-hetero) is 1. The number of alkyl halides is 3. The number of amides is 3. The number of benzene rings is 2. The first-order valence-corrected chi connectivity index (χ1v) is 17.3. The van der Waals surface area contributed by atoms with Crippen molar-refractivity contribution in [1.29, 1.82) is 0 Å². The molecule has 2 aromatic carbocycles. The molecule has 14 nitrogen and oxygen atoms in total. The summed E-state index contributed by atoms with van der Waals surface area (Å²) in [5.74, 6) is -3.46. The highest BCUT2D eigenvalue weighted by molar-refractivity contribution is 7.86. The summed E-state index contributed by atoms with van der Waals surface area (Å²) < 4.78 is 79.3. The number of hydrogen-bond donors (Lipinski definition) is 4. The van der Waals surface area contributed by atoms with Crippen LogP contribution in [0.4, 0.5) is 13.2 Å². The van der Waals surface area contributed by atoms with Crippen LogP contribution in [0.2, 0.25) is 0 Å². The summed E-state index contributed by atoms with van der Waals surface area (Å²) in [6.07, 6.45) is -3.57. The Morgan fingerprint density at radius 3 is 1.94 bits per heavy atom. The zero-order valence-electron chi connectivity index (χ0n) is 27.9. The monoisotopic (exact) mass is 758 g/mol. The minimum atomic E-state index is -4.74. The van der Waals surface area contributed by atoms with Crippen molar-refractivity contribution < 1.29 is 59.5 Å². The van der Waals surface area contributed by atoms with Crippen LogP contribution in [0.3, 0.4) is 0 Å². The second-order valence-corrected chi connectivity index (χ2v) is 14.2. The number of hydrogen-bond acceptors (Lipinski definition) is 12. The molecule has 0 spiro atoms. The van der Waals surface area contributed by atoms with Crippen molar-refractivity contribution in [3.8, 4) is 0 Å². The lowest BCUT2D eigenvalue weighted by molar-refractivity contribution is -0.143. The van der Waals surface area contributed by atoms with Gasteiger partial charge in [0.25, 0.3) is 16.0 Å². The maximum atomic E-state index is 13.7.